The van der Waals surface area contributed by atoms with Gasteiger partial charge in [-0.15, -0.1) is 0 Å². The minimum atomic E-state index is -0.474. The van der Waals surface area contributed by atoms with E-state index in [-0.39, 0.29) is 11.2 Å². The topological polar surface area (TPSA) is 49.7 Å². The van der Waals surface area contributed by atoms with E-state index < -0.39 is 6.10 Å². The summed E-state index contributed by atoms with van der Waals surface area (Å²) < 4.78 is 5.47. The molecule has 0 radical (unpaired) electrons. The molecule has 2 aromatic carbocycles. The molecule has 0 heterocycles. The Morgan fingerprint density at radius 2 is 1.07 bits per heavy atom. The van der Waals surface area contributed by atoms with Crippen molar-refractivity contribution in [1.29, 1.82) is 0 Å². The maximum absolute atomic E-state index is 9.40. The van der Waals surface area contributed by atoms with E-state index in [0.717, 1.165) is 28.7 Å². The van der Waals surface area contributed by atoms with E-state index in [1.807, 2.05) is 36.4 Å². The number of benzene rings is 2. The summed E-state index contributed by atoms with van der Waals surface area (Å²) in [4.78, 5) is 0. The zero-order valence-electron chi connectivity index (χ0n) is 19.9. The summed E-state index contributed by atoms with van der Waals surface area (Å²) in [6.07, 6.45) is -0.474. The van der Waals surface area contributed by atoms with Gasteiger partial charge in [-0.05, 0) is 54.2 Å². The highest BCUT2D eigenvalue weighted by Crippen LogP contribution is 2.33. The molecular formula is C26H42O3. The van der Waals surface area contributed by atoms with Crippen molar-refractivity contribution in [3.63, 3.8) is 0 Å². The molecule has 0 amide bonds. The lowest BCUT2D eigenvalue weighted by molar-refractivity contribution is 0.122. The van der Waals surface area contributed by atoms with E-state index in [1.165, 1.54) is 0 Å². The third kappa shape index (κ3) is 12.2. The fourth-order valence-corrected chi connectivity index (χ4v) is 2.23. The van der Waals surface area contributed by atoms with Gasteiger partial charge in [-0.25, -0.2) is 0 Å². The lowest BCUT2D eigenvalue weighted by Gasteiger charge is -2.26. The summed E-state index contributed by atoms with van der Waals surface area (Å²) in [6, 6.07) is 15.2. The third-order valence-electron chi connectivity index (χ3n) is 3.66. The molecule has 0 fully saturated rings. The lowest BCUT2D eigenvalue weighted by atomic mass is 9.78. The van der Waals surface area contributed by atoms with Crippen LogP contribution in [0.1, 0.15) is 73.4 Å². The average Bonchev–Trinajstić information content (AvgIpc) is 2.60. The first kappa shape index (κ1) is 27.0. The van der Waals surface area contributed by atoms with Gasteiger partial charge in [0.25, 0.3) is 0 Å². The summed E-state index contributed by atoms with van der Waals surface area (Å²) in [6.45, 7) is 19.3. The molecule has 3 heteroatoms. The van der Waals surface area contributed by atoms with Gasteiger partial charge in [0.05, 0.1) is 6.10 Å². The van der Waals surface area contributed by atoms with Crippen LogP contribution >= 0.6 is 0 Å². The Bertz CT molecular complexity index is 642. The average molecular weight is 403 g/mol. The van der Waals surface area contributed by atoms with E-state index in [2.05, 4.69) is 55.4 Å². The van der Waals surface area contributed by atoms with E-state index >= 15 is 0 Å². The zero-order chi connectivity index (χ0) is 22.6. The molecule has 0 aromatic heterocycles. The van der Waals surface area contributed by atoms with Crippen molar-refractivity contribution in [2.45, 2.75) is 73.8 Å². The van der Waals surface area contributed by atoms with Crippen LogP contribution in [0.5, 0.6) is 11.5 Å². The smallest absolute Gasteiger partial charge is 0.119 e. The maximum atomic E-state index is 9.40. The second-order valence-corrected chi connectivity index (χ2v) is 9.32. The summed E-state index contributed by atoms with van der Waals surface area (Å²) >= 11 is 0. The van der Waals surface area contributed by atoms with Gasteiger partial charge >= 0.3 is 0 Å². The van der Waals surface area contributed by atoms with Gasteiger partial charge in [0.1, 0.15) is 18.1 Å². The number of phenols is 1. The second-order valence-electron chi connectivity index (χ2n) is 9.32. The van der Waals surface area contributed by atoms with Crippen LogP contribution in [-0.4, -0.2) is 22.9 Å². The molecule has 2 N–H and O–H groups in total. The Kier molecular flexibility index (Phi) is 12.4. The zero-order valence-corrected chi connectivity index (χ0v) is 19.9. The van der Waals surface area contributed by atoms with Gasteiger partial charge in [0.15, 0.2) is 0 Å². The van der Waals surface area contributed by atoms with Crippen LogP contribution in [-0.2, 0) is 5.41 Å². The molecule has 0 aliphatic carbocycles. The monoisotopic (exact) mass is 402 g/mol. The van der Waals surface area contributed by atoms with Gasteiger partial charge in [0, 0.05) is 5.41 Å². The van der Waals surface area contributed by atoms with Crippen molar-refractivity contribution in [2.75, 3.05) is 6.61 Å². The van der Waals surface area contributed by atoms with Gasteiger partial charge in [0.2, 0.25) is 0 Å². The summed E-state index contributed by atoms with van der Waals surface area (Å²) in [5.74, 6) is 2.69. The predicted octanol–water partition coefficient (Wildman–Crippen LogP) is 6.80. The number of phenolic OH excluding ortho intramolecular Hbond substituents is 1. The Hall–Kier alpha value is -2.00. The summed E-state index contributed by atoms with van der Waals surface area (Å²) in [7, 11) is 0. The Morgan fingerprint density at radius 3 is 1.41 bits per heavy atom. The molecule has 0 bridgehead atoms. The van der Waals surface area contributed by atoms with Crippen molar-refractivity contribution >= 4 is 0 Å². The van der Waals surface area contributed by atoms with Crippen molar-refractivity contribution < 1.29 is 14.9 Å². The molecule has 0 saturated carbocycles. The first-order chi connectivity index (χ1) is 13.4. The molecule has 2 rings (SSSR count). The van der Waals surface area contributed by atoms with E-state index in [4.69, 9.17) is 4.74 Å². The van der Waals surface area contributed by atoms with Crippen molar-refractivity contribution in [2.24, 2.45) is 11.8 Å². The minimum absolute atomic E-state index is 0.156. The Morgan fingerprint density at radius 1 is 0.724 bits per heavy atom. The highest BCUT2D eigenvalue weighted by molar-refractivity contribution is 5.41. The van der Waals surface area contributed by atoms with Gasteiger partial charge in [-0.1, -0.05) is 79.7 Å². The molecule has 29 heavy (non-hydrogen) atoms. The summed E-state index contributed by atoms with van der Waals surface area (Å²) in [5.41, 5.74) is 2.15. The van der Waals surface area contributed by atoms with Crippen LogP contribution in [0.3, 0.4) is 0 Å². The molecule has 164 valence electrons. The quantitative estimate of drug-likeness (QED) is 0.578. The number of aliphatic hydroxyl groups excluding tert-OH is 1. The van der Waals surface area contributed by atoms with Crippen LogP contribution < -0.4 is 4.74 Å². The van der Waals surface area contributed by atoms with E-state index in [1.54, 1.807) is 19.1 Å². The minimum Gasteiger partial charge on any atom is -0.508 e. The van der Waals surface area contributed by atoms with Crippen LogP contribution in [0.15, 0.2) is 48.5 Å². The lowest BCUT2D eigenvalue weighted by Crippen LogP contribution is -2.18. The van der Waals surface area contributed by atoms with E-state index in [0.29, 0.717) is 6.61 Å². The number of ether oxygens (including phenoxy) is 1. The molecule has 0 spiro atoms. The molecule has 1 unspecified atom stereocenters. The normalized spacial score (nSPS) is 11.9. The van der Waals surface area contributed by atoms with Gasteiger partial charge in [-0.3, -0.25) is 0 Å². The van der Waals surface area contributed by atoms with Crippen LogP contribution in [0.25, 0.3) is 0 Å². The highest BCUT2D eigenvalue weighted by atomic mass is 16.5. The fourth-order valence-electron chi connectivity index (χ4n) is 2.23. The molecule has 2 aromatic rings. The van der Waals surface area contributed by atoms with Crippen molar-refractivity contribution in [3.05, 3.63) is 59.7 Å². The Balaban J connectivity index is 0.000000837. The molecule has 3 nitrogen and oxygen atoms in total. The van der Waals surface area contributed by atoms with Crippen molar-refractivity contribution in [1.82, 2.24) is 0 Å². The number of hydrogen-bond donors (Lipinski definition) is 2. The number of hydrogen-bond acceptors (Lipinski definition) is 3. The highest BCUT2D eigenvalue weighted by Gasteiger charge is 2.23. The third-order valence-corrected chi connectivity index (χ3v) is 3.66. The fraction of sp³-hybridized carbons (Fsp3) is 0.538. The predicted molar refractivity (Wildman–Crippen MR) is 125 cm³/mol. The van der Waals surface area contributed by atoms with Crippen LogP contribution in [0, 0.1) is 11.8 Å². The molecule has 1 atom stereocenters. The SMILES string of the molecule is CC(C)C.CC(C)C.CC(O)COc1ccc(C(C)(C)c2ccc(O)cc2)cc1. The van der Waals surface area contributed by atoms with Crippen molar-refractivity contribution in [3.8, 4) is 11.5 Å². The first-order valence-corrected chi connectivity index (χ1v) is 10.6. The van der Waals surface area contributed by atoms with Crippen LogP contribution in [0.2, 0.25) is 0 Å². The standard InChI is InChI=1S/C18H22O3.2C4H10/c1-13(19)12-21-17-10-6-15(7-11-17)18(2,3)14-4-8-16(20)9-5-14;2*1-4(2)3/h4-11,13,19-20H,12H2,1-3H3;2*4H,1-3H3. The number of aromatic hydroxyl groups is 1. The van der Waals surface area contributed by atoms with Crippen LogP contribution in [0.4, 0.5) is 0 Å². The summed E-state index contributed by atoms with van der Waals surface area (Å²) in [5, 5.41) is 18.6. The largest absolute Gasteiger partial charge is 0.508 e. The van der Waals surface area contributed by atoms with E-state index in [9.17, 15) is 10.2 Å². The van der Waals surface area contributed by atoms with Gasteiger partial charge < -0.3 is 14.9 Å². The number of rotatable bonds is 5. The molecule has 0 aliphatic heterocycles. The Labute approximate surface area is 178 Å². The molecule has 0 saturated heterocycles. The van der Waals surface area contributed by atoms with Gasteiger partial charge in [-0.2, -0.15) is 0 Å². The number of aliphatic hydroxyl groups is 1. The molecule has 0 aliphatic rings. The maximum Gasteiger partial charge on any atom is 0.119 e. The molecular weight excluding hydrogens is 360 g/mol. The second kappa shape index (κ2) is 13.3. The first-order valence-electron chi connectivity index (χ1n) is 10.6.